The fourth-order valence-corrected chi connectivity index (χ4v) is 5.34. The van der Waals surface area contributed by atoms with Crippen LogP contribution in [0.15, 0.2) is 47.1 Å². The van der Waals surface area contributed by atoms with Gasteiger partial charge in [0.15, 0.2) is 11.8 Å². The third-order valence-corrected chi connectivity index (χ3v) is 7.02. The van der Waals surface area contributed by atoms with Gasteiger partial charge in [-0.3, -0.25) is 0 Å². The molecule has 0 unspecified atom stereocenters. The molecule has 1 fully saturated rings. The van der Waals surface area contributed by atoms with Gasteiger partial charge in [0, 0.05) is 5.56 Å². The maximum atomic E-state index is 11.1. The van der Waals surface area contributed by atoms with E-state index in [9.17, 15) is 5.11 Å². The molecule has 0 amide bonds. The molecule has 0 radical (unpaired) electrons. The van der Waals surface area contributed by atoms with Gasteiger partial charge >= 0.3 is 0 Å². The summed E-state index contributed by atoms with van der Waals surface area (Å²) in [4.78, 5) is 7.71. The van der Waals surface area contributed by atoms with Gasteiger partial charge in [0.1, 0.15) is 4.88 Å². The molecule has 0 saturated carbocycles. The molecule has 4 heterocycles. The van der Waals surface area contributed by atoms with Crippen LogP contribution in [0.3, 0.4) is 0 Å². The highest BCUT2D eigenvalue weighted by Crippen LogP contribution is 2.36. The Morgan fingerprint density at radius 3 is 2.62 bits per heavy atom. The molecule has 0 bridgehead atoms. The monoisotopic (exact) mass is 409 g/mol. The number of hydrogen-bond acceptors (Lipinski definition) is 5. The summed E-state index contributed by atoms with van der Waals surface area (Å²) in [5.41, 5.74) is 2.47. The van der Waals surface area contributed by atoms with Gasteiger partial charge in [0.05, 0.1) is 19.4 Å². The number of rotatable bonds is 4. The van der Waals surface area contributed by atoms with Gasteiger partial charge in [-0.05, 0) is 37.8 Å². The molecule has 150 valence electrons. The summed E-state index contributed by atoms with van der Waals surface area (Å²) < 4.78 is 6.95. The normalized spacial score (nSPS) is 20.9. The maximum Gasteiger partial charge on any atom is 0.235 e. The van der Waals surface area contributed by atoms with E-state index in [0.29, 0.717) is 16.5 Å². The highest BCUT2D eigenvalue weighted by Gasteiger charge is 2.34. The van der Waals surface area contributed by atoms with E-state index < -0.39 is 0 Å². The summed E-state index contributed by atoms with van der Waals surface area (Å²) >= 11 is 1.52. The van der Waals surface area contributed by atoms with Crippen molar-refractivity contribution in [3.8, 4) is 17.5 Å². The first kappa shape index (κ1) is 18.4. The lowest BCUT2D eigenvalue weighted by Gasteiger charge is -2.33. The van der Waals surface area contributed by atoms with Gasteiger partial charge in [0.2, 0.25) is 16.7 Å². The average Bonchev–Trinajstić information content (AvgIpc) is 3.44. The molecule has 29 heavy (non-hydrogen) atoms. The summed E-state index contributed by atoms with van der Waals surface area (Å²) in [6, 6.07) is 12.4. The number of furan rings is 1. The lowest BCUT2D eigenvalue weighted by molar-refractivity contribution is -0.931. The Labute approximate surface area is 173 Å². The van der Waals surface area contributed by atoms with E-state index in [0.717, 1.165) is 23.9 Å². The minimum Gasteiger partial charge on any atom is -0.492 e. The van der Waals surface area contributed by atoms with Crippen LogP contribution >= 0.6 is 11.3 Å². The van der Waals surface area contributed by atoms with E-state index in [1.165, 1.54) is 40.2 Å². The van der Waals surface area contributed by atoms with Crippen molar-refractivity contribution in [3.63, 3.8) is 0 Å². The van der Waals surface area contributed by atoms with Crippen LogP contribution in [0.1, 0.15) is 41.8 Å². The van der Waals surface area contributed by atoms with Crippen LogP contribution in [-0.4, -0.2) is 32.8 Å². The van der Waals surface area contributed by atoms with Crippen molar-refractivity contribution >= 4 is 16.3 Å². The van der Waals surface area contributed by atoms with Crippen molar-refractivity contribution in [2.24, 2.45) is 5.92 Å². The number of aromatic hydroxyl groups is 1. The Bertz CT molecular complexity index is 1110. The Morgan fingerprint density at radius 1 is 1.21 bits per heavy atom. The summed E-state index contributed by atoms with van der Waals surface area (Å²) in [5.74, 6) is 2.05. The number of hydrogen-bond donors (Lipinski definition) is 2. The highest BCUT2D eigenvalue weighted by molar-refractivity contribution is 7.17. The largest absolute Gasteiger partial charge is 0.492 e. The number of likely N-dealkylation sites (tertiary alicyclic amines) is 1. The second kappa shape index (κ2) is 7.31. The highest BCUT2D eigenvalue weighted by atomic mass is 32.1. The summed E-state index contributed by atoms with van der Waals surface area (Å²) in [5, 5.41) is 15.6. The van der Waals surface area contributed by atoms with Crippen LogP contribution in [0.5, 0.6) is 5.88 Å². The quantitative estimate of drug-likeness (QED) is 0.542. The first-order chi connectivity index (χ1) is 14.1. The predicted molar refractivity (Wildman–Crippen MR) is 112 cm³/mol. The average molecular weight is 410 g/mol. The fourth-order valence-electron chi connectivity index (χ4n) is 4.20. The lowest BCUT2D eigenvalue weighted by Crippen LogP contribution is -3.13. The molecule has 0 spiro atoms. The number of benzene rings is 1. The van der Waals surface area contributed by atoms with Crippen LogP contribution in [-0.2, 0) is 0 Å². The minimum atomic E-state index is 0.0867. The Morgan fingerprint density at radius 2 is 1.97 bits per heavy atom. The number of piperidine rings is 1. The summed E-state index contributed by atoms with van der Waals surface area (Å²) in [6.07, 6.45) is 4.02. The lowest BCUT2D eigenvalue weighted by atomic mass is 9.95. The molecule has 1 aliphatic heterocycles. The number of aromatic nitrogens is 3. The molecule has 7 heteroatoms. The molecule has 6 nitrogen and oxygen atoms in total. The predicted octanol–water partition coefficient (Wildman–Crippen LogP) is 3.47. The first-order valence-corrected chi connectivity index (χ1v) is 10.9. The zero-order valence-electron chi connectivity index (χ0n) is 16.6. The third kappa shape index (κ3) is 3.34. The minimum absolute atomic E-state index is 0.0867. The maximum absolute atomic E-state index is 11.1. The summed E-state index contributed by atoms with van der Waals surface area (Å²) in [7, 11) is 0. The number of fused-ring (bicyclic) bond motifs is 1. The fraction of sp³-hybridized carbons (Fsp3) is 0.364. The second-order valence-corrected chi connectivity index (χ2v) is 9.09. The molecule has 4 aromatic rings. The zero-order valence-corrected chi connectivity index (χ0v) is 17.4. The van der Waals surface area contributed by atoms with Gasteiger partial charge in [-0.25, -0.2) is 0 Å². The van der Waals surface area contributed by atoms with Gasteiger partial charge in [-0.2, -0.15) is 9.50 Å². The van der Waals surface area contributed by atoms with Crippen LogP contribution in [0.2, 0.25) is 0 Å². The van der Waals surface area contributed by atoms with Crippen molar-refractivity contribution in [1.29, 1.82) is 0 Å². The van der Waals surface area contributed by atoms with E-state index in [2.05, 4.69) is 48.2 Å². The Kier molecular flexibility index (Phi) is 4.64. The Balaban J connectivity index is 1.57. The van der Waals surface area contributed by atoms with Crippen molar-refractivity contribution in [1.82, 2.24) is 14.6 Å². The van der Waals surface area contributed by atoms with Crippen LogP contribution in [0.4, 0.5) is 0 Å². The number of nitrogens with zero attached hydrogens (tertiary/aromatic N) is 3. The first-order valence-electron chi connectivity index (χ1n) is 10.1. The van der Waals surface area contributed by atoms with Crippen molar-refractivity contribution in [3.05, 3.63) is 58.7 Å². The zero-order chi connectivity index (χ0) is 20.0. The van der Waals surface area contributed by atoms with E-state index in [4.69, 9.17) is 4.42 Å². The molecular weight excluding hydrogens is 384 g/mol. The SMILES string of the molecule is Cc1ccc([C@H](c2sc3nc(-c4ccco4)nn3c2O)[NH+]2CCC(C)CC2)cc1. The molecular formula is C22H25N4O2S+. The van der Waals surface area contributed by atoms with E-state index in [1.807, 2.05) is 12.1 Å². The molecule has 1 aromatic carbocycles. The van der Waals surface area contributed by atoms with E-state index >= 15 is 0 Å². The van der Waals surface area contributed by atoms with Crippen molar-refractivity contribution in [2.75, 3.05) is 13.1 Å². The smallest absolute Gasteiger partial charge is 0.235 e. The molecule has 2 N–H and O–H groups in total. The second-order valence-electron chi connectivity index (χ2n) is 8.08. The van der Waals surface area contributed by atoms with Crippen LogP contribution in [0, 0.1) is 12.8 Å². The van der Waals surface area contributed by atoms with Gasteiger partial charge in [-0.1, -0.05) is 48.1 Å². The number of quaternary nitrogens is 1. The van der Waals surface area contributed by atoms with Gasteiger partial charge in [-0.15, -0.1) is 5.10 Å². The van der Waals surface area contributed by atoms with Gasteiger partial charge in [0.25, 0.3) is 0 Å². The van der Waals surface area contributed by atoms with Crippen molar-refractivity contribution < 1.29 is 14.4 Å². The molecule has 0 aliphatic carbocycles. The van der Waals surface area contributed by atoms with Crippen LogP contribution < -0.4 is 4.90 Å². The topological polar surface area (TPSA) is 68.0 Å². The van der Waals surface area contributed by atoms with Crippen LogP contribution in [0.25, 0.3) is 16.5 Å². The third-order valence-electron chi connectivity index (χ3n) is 5.94. The molecule has 3 aromatic heterocycles. The Hall–Kier alpha value is -2.64. The van der Waals surface area contributed by atoms with E-state index in [1.54, 1.807) is 10.8 Å². The molecule has 1 aliphatic rings. The molecule has 1 saturated heterocycles. The van der Waals surface area contributed by atoms with Crippen molar-refractivity contribution in [2.45, 2.75) is 32.7 Å². The molecule has 1 atom stereocenters. The number of thiazole rings is 1. The molecule has 5 rings (SSSR count). The van der Waals surface area contributed by atoms with E-state index in [-0.39, 0.29) is 11.9 Å². The number of nitrogens with one attached hydrogen (secondary N) is 1. The standard InChI is InChI=1S/C22H24N4O2S/c1-14-5-7-16(8-6-14)18(25-11-9-15(2)10-12-25)19-21(27)26-22(29-19)23-20(24-26)17-4-3-13-28-17/h3-8,13,15,18,27H,9-12H2,1-2H3/p+1/t18-/m1/s1. The van der Waals surface area contributed by atoms with Gasteiger partial charge < -0.3 is 14.4 Å². The number of aryl methyl sites for hydroxylation is 1. The summed E-state index contributed by atoms with van der Waals surface area (Å²) in [6.45, 7) is 6.63.